The number of fused-ring (bicyclic) bond motifs is 1. The number of nitro benzene ring substituents is 1. The van der Waals surface area contributed by atoms with Crippen LogP contribution in [0.2, 0.25) is 0 Å². The number of thiazole rings is 1. The lowest BCUT2D eigenvalue weighted by atomic mass is 10.3. The van der Waals surface area contributed by atoms with Gasteiger partial charge >= 0.3 is 5.97 Å². The minimum absolute atomic E-state index is 0.0777. The first-order chi connectivity index (χ1) is 8.02. The Bertz CT molecular complexity index is 625. The van der Waals surface area contributed by atoms with Gasteiger partial charge in [-0.15, -0.1) is 11.3 Å². The maximum Gasteiger partial charge on any atom is 0.367 e. The molecule has 0 N–H and O–H groups in total. The predicted molar refractivity (Wildman–Crippen MR) is 65.3 cm³/mol. The Hall–Kier alpha value is -1.54. The number of hydrogen-bond donors (Lipinski definition) is 0. The number of ether oxygens (including phenoxy) is 1. The molecule has 1 heterocycles. The minimum Gasteiger partial charge on any atom is -0.464 e. The minimum atomic E-state index is -0.555. The van der Waals surface area contributed by atoms with E-state index in [4.69, 9.17) is 0 Å². The van der Waals surface area contributed by atoms with E-state index < -0.39 is 10.9 Å². The van der Waals surface area contributed by atoms with Gasteiger partial charge in [-0.05, 0) is 15.9 Å². The Balaban J connectivity index is 2.64. The summed E-state index contributed by atoms with van der Waals surface area (Å²) in [5, 5.41) is 10.8. The van der Waals surface area contributed by atoms with E-state index in [2.05, 4.69) is 25.7 Å². The molecular weight excluding hydrogens is 312 g/mol. The number of methoxy groups -OCH3 is 1. The van der Waals surface area contributed by atoms with Crippen molar-refractivity contribution in [3.63, 3.8) is 0 Å². The van der Waals surface area contributed by atoms with E-state index in [0.717, 1.165) is 11.3 Å². The number of rotatable bonds is 2. The molecule has 1 aromatic heterocycles. The first-order valence-electron chi connectivity index (χ1n) is 4.35. The molecule has 0 aliphatic carbocycles. The van der Waals surface area contributed by atoms with Crippen molar-refractivity contribution in [3.05, 3.63) is 31.7 Å². The number of carbonyl (C=O) groups is 1. The van der Waals surface area contributed by atoms with E-state index in [1.54, 1.807) is 0 Å². The van der Waals surface area contributed by atoms with E-state index in [0.29, 0.717) is 14.7 Å². The first-order valence-corrected chi connectivity index (χ1v) is 5.96. The fraction of sp³-hybridized carbons (Fsp3) is 0.111. The summed E-state index contributed by atoms with van der Waals surface area (Å²) in [4.78, 5) is 25.4. The van der Waals surface area contributed by atoms with Crippen molar-refractivity contribution in [2.75, 3.05) is 7.11 Å². The Morgan fingerprint density at radius 1 is 1.59 bits per heavy atom. The number of carbonyl (C=O) groups excluding carboxylic acids is 1. The average Bonchev–Trinajstić information content (AvgIpc) is 2.72. The number of non-ortho nitro benzene ring substituents is 1. The molecule has 88 valence electrons. The zero-order valence-corrected chi connectivity index (χ0v) is 10.9. The summed E-state index contributed by atoms with van der Waals surface area (Å²) >= 11 is 4.34. The standard InChI is InChI=1S/C9H5BrN2O4S/c1-16-9(13)8-11-6-3-4(12(14)15)2-5(10)7(6)17-8/h2-3H,1H3. The molecule has 17 heavy (non-hydrogen) atoms. The second-order valence-electron chi connectivity index (χ2n) is 3.04. The molecular formula is C9H5BrN2O4S. The monoisotopic (exact) mass is 316 g/mol. The van der Waals surface area contributed by atoms with Crippen LogP contribution in [0.25, 0.3) is 10.2 Å². The second kappa shape index (κ2) is 4.38. The molecule has 8 heteroatoms. The first kappa shape index (κ1) is 11.9. The third kappa shape index (κ3) is 2.13. The van der Waals surface area contributed by atoms with Crippen LogP contribution in [0.1, 0.15) is 9.80 Å². The molecule has 6 nitrogen and oxygen atoms in total. The highest BCUT2D eigenvalue weighted by atomic mass is 79.9. The van der Waals surface area contributed by atoms with E-state index in [9.17, 15) is 14.9 Å². The zero-order chi connectivity index (χ0) is 12.6. The number of nitro groups is 1. The van der Waals surface area contributed by atoms with Gasteiger partial charge in [0.2, 0.25) is 5.01 Å². The van der Waals surface area contributed by atoms with Gasteiger partial charge in [-0.1, -0.05) is 0 Å². The molecule has 0 atom stereocenters. The Kier molecular flexibility index (Phi) is 3.07. The molecule has 0 bridgehead atoms. The highest BCUT2D eigenvalue weighted by Gasteiger charge is 2.17. The molecule has 0 unspecified atom stereocenters. The lowest BCUT2D eigenvalue weighted by Gasteiger charge is -1.93. The van der Waals surface area contributed by atoms with Crippen molar-refractivity contribution in [3.8, 4) is 0 Å². The second-order valence-corrected chi connectivity index (χ2v) is 4.90. The van der Waals surface area contributed by atoms with Gasteiger partial charge in [-0.25, -0.2) is 9.78 Å². The van der Waals surface area contributed by atoms with Crippen molar-refractivity contribution in [2.24, 2.45) is 0 Å². The summed E-state index contributed by atoms with van der Waals surface area (Å²) in [6.45, 7) is 0. The van der Waals surface area contributed by atoms with Crippen molar-refractivity contribution < 1.29 is 14.5 Å². The molecule has 0 saturated heterocycles. The summed E-state index contributed by atoms with van der Waals surface area (Å²) in [6, 6.07) is 2.70. The Labute approximate surface area is 107 Å². The zero-order valence-electron chi connectivity index (χ0n) is 8.47. The number of benzene rings is 1. The highest BCUT2D eigenvalue weighted by Crippen LogP contribution is 2.33. The van der Waals surface area contributed by atoms with E-state index in [1.807, 2.05) is 0 Å². The number of aromatic nitrogens is 1. The normalized spacial score (nSPS) is 10.5. The summed E-state index contributed by atoms with van der Waals surface area (Å²) in [5.41, 5.74) is 0.322. The molecule has 0 fully saturated rings. The van der Waals surface area contributed by atoms with Crippen molar-refractivity contribution in [2.45, 2.75) is 0 Å². The molecule has 0 aliphatic rings. The number of nitrogens with zero attached hydrogens (tertiary/aromatic N) is 2. The quantitative estimate of drug-likeness (QED) is 0.483. The largest absolute Gasteiger partial charge is 0.464 e. The molecule has 1 aromatic carbocycles. The van der Waals surface area contributed by atoms with Crippen molar-refractivity contribution >= 4 is 49.1 Å². The van der Waals surface area contributed by atoms with Crippen LogP contribution in [0.5, 0.6) is 0 Å². The van der Waals surface area contributed by atoms with E-state index in [-0.39, 0.29) is 10.7 Å². The highest BCUT2D eigenvalue weighted by molar-refractivity contribution is 9.10. The lowest BCUT2D eigenvalue weighted by molar-refractivity contribution is -0.384. The van der Waals surface area contributed by atoms with Crippen molar-refractivity contribution in [1.82, 2.24) is 4.98 Å². The van der Waals surface area contributed by atoms with Crippen LogP contribution < -0.4 is 0 Å². The smallest absolute Gasteiger partial charge is 0.367 e. The molecule has 2 rings (SSSR count). The van der Waals surface area contributed by atoms with Gasteiger partial charge in [0.25, 0.3) is 5.69 Å². The molecule has 0 amide bonds. The van der Waals surface area contributed by atoms with Gasteiger partial charge in [0.15, 0.2) is 0 Å². The van der Waals surface area contributed by atoms with Gasteiger partial charge < -0.3 is 4.74 Å². The van der Waals surface area contributed by atoms with Crippen LogP contribution in [0.3, 0.4) is 0 Å². The third-order valence-electron chi connectivity index (χ3n) is 2.00. The number of halogens is 1. The summed E-state index contributed by atoms with van der Waals surface area (Å²) in [5.74, 6) is -0.555. The number of hydrogen-bond acceptors (Lipinski definition) is 6. The van der Waals surface area contributed by atoms with Crippen LogP contribution in [0.15, 0.2) is 16.6 Å². The van der Waals surface area contributed by atoms with Gasteiger partial charge in [-0.2, -0.15) is 0 Å². The van der Waals surface area contributed by atoms with E-state index >= 15 is 0 Å². The summed E-state index contributed by atoms with van der Waals surface area (Å²) in [7, 11) is 1.26. The Morgan fingerprint density at radius 3 is 2.88 bits per heavy atom. The SMILES string of the molecule is COC(=O)c1nc2cc([N+](=O)[O-])cc(Br)c2s1. The summed E-state index contributed by atoms with van der Waals surface area (Å²) in [6.07, 6.45) is 0. The van der Waals surface area contributed by atoms with Gasteiger partial charge in [0.05, 0.1) is 22.2 Å². The lowest BCUT2D eigenvalue weighted by Crippen LogP contribution is -1.99. The maximum absolute atomic E-state index is 11.3. The predicted octanol–water partition coefficient (Wildman–Crippen LogP) is 2.75. The number of esters is 1. The van der Waals surface area contributed by atoms with Gasteiger partial charge in [0, 0.05) is 16.6 Å². The van der Waals surface area contributed by atoms with Gasteiger partial charge in [0.1, 0.15) is 0 Å². The van der Waals surface area contributed by atoms with Gasteiger partial charge in [-0.3, -0.25) is 10.1 Å². The maximum atomic E-state index is 11.3. The molecule has 2 aromatic rings. The van der Waals surface area contributed by atoms with Crippen LogP contribution in [0.4, 0.5) is 5.69 Å². The fourth-order valence-corrected chi connectivity index (χ4v) is 2.81. The molecule has 0 aliphatic heterocycles. The Morgan fingerprint density at radius 2 is 2.29 bits per heavy atom. The van der Waals surface area contributed by atoms with Crippen LogP contribution in [0, 0.1) is 10.1 Å². The average molecular weight is 317 g/mol. The van der Waals surface area contributed by atoms with Crippen LogP contribution in [-0.2, 0) is 4.74 Å². The van der Waals surface area contributed by atoms with E-state index in [1.165, 1.54) is 19.2 Å². The third-order valence-corrected chi connectivity index (χ3v) is 3.97. The molecule has 0 saturated carbocycles. The molecule has 0 radical (unpaired) electrons. The van der Waals surface area contributed by atoms with Crippen LogP contribution >= 0.6 is 27.3 Å². The van der Waals surface area contributed by atoms with Crippen LogP contribution in [-0.4, -0.2) is 23.0 Å². The topological polar surface area (TPSA) is 82.3 Å². The van der Waals surface area contributed by atoms with Crippen molar-refractivity contribution in [1.29, 1.82) is 0 Å². The summed E-state index contributed by atoms with van der Waals surface area (Å²) < 4.78 is 5.76. The molecule has 0 spiro atoms. The fourth-order valence-electron chi connectivity index (χ4n) is 1.26.